The first kappa shape index (κ1) is 16.2. The predicted octanol–water partition coefficient (Wildman–Crippen LogP) is 4.04. The number of benzene rings is 1. The lowest BCUT2D eigenvalue weighted by molar-refractivity contribution is 0.160. The van der Waals surface area contributed by atoms with E-state index in [-0.39, 0.29) is 12.1 Å². The largest absolute Gasteiger partial charge is 0.444 e. The number of carbonyl (C=O) groups is 1. The summed E-state index contributed by atoms with van der Waals surface area (Å²) >= 11 is 0. The fraction of sp³-hybridized carbons (Fsp3) is 0.500. The lowest BCUT2D eigenvalue weighted by Crippen LogP contribution is -2.44. The minimum absolute atomic E-state index is 0.00212. The molecule has 2 amide bonds. The summed E-state index contributed by atoms with van der Waals surface area (Å²) in [6.45, 7) is 4.15. The quantitative estimate of drug-likeness (QED) is 0.914. The number of urea groups is 1. The number of amides is 2. The van der Waals surface area contributed by atoms with Gasteiger partial charge in [0.15, 0.2) is 0 Å². The van der Waals surface area contributed by atoms with Gasteiger partial charge >= 0.3 is 6.03 Å². The molecule has 1 N–H and O–H groups in total. The van der Waals surface area contributed by atoms with E-state index in [1.807, 2.05) is 13.8 Å². The third kappa shape index (κ3) is 3.28. The van der Waals surface area contributed by atoms with Gasteiger partial charge in [-0.3, -0.25) is 0 Å². The van der Waals surface area contributed by atoms with Crippen molar-refractivity contribution in [2.45, 2.75) is 64.6 Å². The summed E-state index contributed by atoms with van der Waals surface area (Å²) in [4.78, 5) is 19.4. The molecule has 5 heteroatoms. The summed E-state index contributed by atoms with van der Waals surface area (Å²) in [5.74, 6) is 1.38. The van der Waals surface area contributed by atoms with Gasteiger partial charge in [0, 0.05) is 6.04 Å². The third-order valence-corrected chi connectivity index (χ3v) is 5.31. The zero-order valence-corrected chi connectivity index (χ0v) is 14.9. The highest BCUT2D eigenvalue weighted by atomic mass is 16.4. The number of rotatable bonds is 4. The van der Waals surface area contributed by atoms with Crippen molar-refractivity contribution in [2.24, 2.45) is 0 Å². The van der Waals surface area contributed by atoms with Crippen LogP contribution in [0.2, 0.25) is 0 Å². The maximum atomic E-state index is 12.9. The van der Waals surface area contributed by atoms with Crippen LogP contribution in [-0.2, 0) is 13.0 Å². The van der Waals surface area contributed by atoms with E-state index in [0.29, 0.717) is 18.5 Å². The number of aryl methyl sites for hydroxylation is 3. The van der Waals surface area contributed by atoms with E-state index in [1.54, 1.807) is 0 Å². The van der Waals surface area contributed by atoms with Crippen molar-refractivity contribution in [2.75, 3.05) is 0 Å². The molecule has 0 bridgehead atoms. The minimum Gasteiger partial charge on any atom is -0.444 e. The summed E-state index contributed by atoms with van der Waals surface area (Å²) in [5, 5.41) is 3.02. The van der Waals surface area contributed by atoms with Crippen molar-refractivity contribution in [1.29, 1.82) is 0 Å². The van der Waals surface area contributed by atoms with Gasteiger partial charge in [-0.25, -0.2) is 9.78 Å². The lowest BCUT2D eigenvalue weighted by Gasteiger charge is -2.36. The lowest BCUT2D eigenvalue weighted by atomic mass is 9.87. The van der Waals surface area contributed by atoms with Crippen molar-refractivity contribution in [1.82, 2.24) is 15.2 Å². The molecule has 2 aliphatic rings. The van der Waals surface area contributed by atoms with Crippen molar-refractivity contribution < 1.29 is 9.21 Å². The highest BCUT2D eigenvalue weighted by molar-refractivity contribution is 5.75. The van der Waals surface area contributed by atoms with Crippen molar-refractivity contribution >= 4 is 6.03 Å². The molecule has 132 valence electrons. The average Bonchev–Trinajstić information content (AvgIpc) is 3.39. The first-order chi connectivity index (χ1) is 12.1. The highest BCUT2D eigenvalue weighted by Crippen LogP contribution is 2.40. The molecule has 0 aliphatic heterocycles. The maximum Gasteiger partial charge on any atom is 0.318 e. The predicted molar refractivity (Wildman–Crippen MR) is 95.2 cm³/mol. The minimum atomic E-state index is -0.00212. The molecule has 5 nitrogen and oxygen atoms in total. The number of hydrogen-bond donors (Lipinski definition) is 1. The molecule has 1 aromatic heterocycles. The van der Waals surface area contributed by atoms with Gasteiger partial charge in [-0.15, -0.1) is 0 Å². The van der Waals surface area contributed by atoms with E-state index in [2.05, 4.69) is 39.5 Å². The van der Waals surface area contributed by atoms with Gasteiger partial charge in [0.1, 0.15) is 5.76 Å². The molecule has 1 aromatic carbocycles. The number of nitrogens with one attached hydrogen (secondary N) is 1. The molecule has 4 rings (SSSR count). The summed E-state index contributed by atoms with van der Waals surface area (Å²) in [7, 11) is 0. The van der Waals surface area contributed by atoms with Crippen LogP contribution in [0.4, 0.5) is 4.79 Å². The molecule has 2 aliphatic carbocycles. The molecule has 0 saturated heterocycles. The Labute approximate surface area is 148 Å². The highest BCUT2D eigenvalue weighted by Gasteiger charge is 2.39. The van der Waals surface area contributed by atoms with Gasteiger partial charge in [-0.1, -0.05) is 24.3 Å². The average molecular weight is 339 g/mol. The van der Waals surface area contributed by atoms with Crippen molar-refractivity contribution in [3.05, 3.63) is 52.7 Å². The van der Waals surface area contributed by atoms with E-state index in [9.17, 15) is 4.79 Å². The molecule has 1 saturated carbocycles. The van der Waals surface area contributed by atoms with E-state index in [4.69, 9.17) is 4.42 Å². The van der Waals surface area contributed by atoms with Crippen molar-refractivity contribution in [3.63, 3.8) is 0 Å². The summed E-state index contributed by atoms with van der Waals surface area (Å²) < 4.78 is 5.58. The van der Waals surface area contributed by atoms with Crippen LogP contribution in [0.5, 0.6) is 0 Å². The Kier molecular flexibility index (Phi) is 4.24. The summed E-state index contributed by atoms with van der Waals surface area (Å²) in [5.41, 5.74) is 3.58. The Morgan fingerprint density at radius 2 is 2.08 bits per heavy atom. The number of fused-ring (bicyclic) bond motifs is 1. The van der Waals surface area contributed by atoms with Crippen LogP contribution < -0.4 is 5.32 Å². The second kappa shape index (κ2) is 6.54. The number of carbonyl (C=O) groups excluding carboxylic acids is 1. The van der Waals surface area contributed by atoms with Gasteiger partial charge in [-0.05, 0) is 57.1 Å². The number of aromatic nitrogens is 1. The molecule has 1 atom stereocenters. The van der Waals surface area contributed by atoms with E-state index >= 15 is 0 Å². The van der Waals surface area contributed by atoms with E-state index in [1.165, 1.54) is 11.1 Å². The van der Waals surface area contributed by atoms with Crippen LogP contribution >= 0.6 is 0 Å². The van der Waals surface area contributed by atoms with Crippen LogP contribution in [0.3, 0.4) is 0 Å². The van der Waals surface area contributed by atoms with Crippen LogP contribution in [-0.4, -0.2) is 22.0 Å². The third-order valence-electron chi connectivity index (χ3n) is 5.31. The van der Waals surface area contributed by atoms with Crippen LogP contribution in [0, 0.1) is 13.8 Å². The SMILES string of the molecule is Cc1nc(CNC(=O)N(C2CC2)[C@@H]2CCCc3ccccc32)oc1C. The Balaban J connectivity index is 1.51. The standard InChI is InChI=1S/C20H25N3O2/c1-13-14(2)25-19(22-13)12-21-20(24)23(16-10-11-16)18-9-5-7-15-6-3-4-8-17(15)18/h3-4,6,8,16,18H,5,7,9-12H2,1-2H3,(H,21,24)/t18-/m1/s1. The Hall–Kier alpha value is -2.30. The summed E-state index contributed by atoms with van der Waals surface area (Å²) in [6, 6.07) is 9.10. The van der Waals surface area contributed by atoms with Gasteiger partial charge in [0.05, 0.1) is 18.3 Å². The molecule has 1 heterocycles. The normalized spacial score (nSPS) is 19.4. The molecule has 0 radical (unpaired) electrons. The van der Waals surface area contributed by atoms with Crippen LogP contribution in [0.15, 0.2) is 28.7 Å². The van der Waals surface area contributed by atoms with E-state index < -0.39 is 0 Å². The molecule has 25 heavy (non-hydrogen) atoms. The Morgan fingerprint density at radius 3 is 2.80 bits per heavy atom. The molecular formula is C20H25N3O2. The second-order valence-corrected chi connectivity index (χ2v) is 7.15. The van der Waals surface area contributed by atoms with Crippen molar-refractivity contribution in [3.8, 4) is 0 Å². The first-order valence-corrected chi connectivity index (χ1v) is 9.20. The Bertz CT molecular complexity index is 759. The first-order valence-electron chi connectivity index (χ1n) is 9.20. The molecular weight excluding hydrogens is 314 g/mol. The number of oxazole rings is 1. The monoisotopic (exact) mass is 339 g/mol. The molecule has 0 unspecified atom stereocenters. The summed E-state index contributed by atoms with van der Waals surface area (Å²) in [6.07, 6.45) is 5.49. The smallest absolute Gasteiger partial charge is 0.318 e. The van der Waals surface area contributed by atoms with Gasteiger partial charge in [0.2, 0.25) is 5.89 Å². The van der Waals surface area contributed by atoms with Gasteiger partial charge < -0.3 is 14.6 Å². The number of hydrogen-bond acceptors (Lipinski definition) is 3. The fourth-order valence-electron chi connectivity index (χ4n) is 3.79. The molecule has 0 spiro atoms. The second-order valence-electron chi connectivity index (χ2n) is 7.15. The Morgan fingerprint density at radius 1 is 1.28 bits per heavy atom. The zero-order valence-electron chi connectivity index (χ0n) is 14.9. The molecule has 1 fully saturated rings. The van der Waals surface area contributed by atoms with Gasteiger partial charge in [-0.2, -0.15) is 0 Å². The topological polar surface area (TPSA) is 58.4 Å². The van der Waals surface area contributed by atoms with E-state index in [0.717, 1.165) is 43.6 Å². The zero-order chi connectivity index (χ0) is 17.4. The maximum absolute atomic E-state index is 12.9. The fourth-order valence-corrected chi connectivity index (χ4v) is 3.79. The molecule has 2 aromatic rings. The number of nitrogens with zero attached hydrogens (tertiary/aromatic N) is 2. The van der Waals surface area contributed by atoms with Crippen LogP contribution in [0.1, 0.15) is 60.2 Å². The van der Waals surface area contributed by atoms with Gasteiger partial charge in [0.25, 0.3) is 0 Å². The van der Waals surface area contributed by atoms with Crippen LogP contribution in [0.25, 0.3) is 0 Å².